The zero-order valence-electron chi connectivity index (χ0n) is 23.6. The first kappa shape index (κ1) is 29.7. The molecule has 0 aliphatic carbocycles. The largest absolute Gasteiger partial charge is 0.480 e. The third-order valence-corrected chi connectivity index (χ3v) is 7.55. The van der Waals surface area contributed by atoms with Crippen molar-refractivity contribution in [2.24, 2.45) is 5.41 Å². The Morgan fingerprint density at radius 1 is 1.13 bits per heavy atom. The zero-order chi connectivity index (χ0) is 27.8. The van der Waals surface area contributed by atoms with Gasteiger partial charge in [0.25, 0.3) is 0 Å². The fourth-order valence-corrected chi connectivity index (χ4v) is 5.02. The van der Waals surface area contributed by atoms with E-state index < -0.39 is 23.0 Å². The number of anilines is 1. The highest BCUT2D eigenvalue weighted by molar-refractivity contribution is 5.87. The molecule has 0 bridgehead atoms. The monoisotopic (exact) mass is 530 g/mol. The first-order valence-corrected chi connectivity index (χ1v) is 14.2. The molecule has 2 amide bonds. The SMILES string of the molecule is CC(C)(C)OC(=O)N1CCC(C)(C(=O)NC(CCCCCCCc2ccc3c(n2)NCCC3)C(=O)O)CC1. The average Bonchev–Trinajstić information content (AvgIpc) is 2.86. The summed E-state index contributed by atoms with van der Waals surface area (Å²) < 4.78 is 5.43. The van der Waals surface area contributed by atoms with Crippen LogP contribution in [0.1, 0.15) is 96.7 Å². The number of fused-ring (bicyclic) bond motifs is 1. The summed E-state index contributed by atoms with van der Waals surface area (Å²) >= 11 is 0. The molecule has 3 N–H and O–H groups in total. The number of unbranched alkanes of at least 4 members (excludes halogenated alkanes) is 4. The predicted molar refractivity (Wildman–Crippen MR) is 147 cm³/mol. The number of piperidine rings is 1. The van der Waals surface area contributed by atoms with Crippen LogP contribution in [0.2, 0.25) is 0 Å². The maximum atomic E-state index is 13.0. The van der Waals surface area contributed by atoms with Crippen LogP contribution in [0.5, 0.6) is 0 Å². The van der Waals surface area contributed by atoms with Crippen LogP contribution in [0.15, 0.2) is 12.1 Å². The molecule has 0 spiro atoms. The number of aliphatic carboxylic acids is 1. The predicted octanol–water partition coefficient (Wildman–Crippen LogP) is 4.93. The number of rotatable bonds is 11. The number of nitrogens with zero attached hydrogens (tertiary/aromatic N) is 2. The van der Waals surface area contributed by atoms with E-state index in [4.69, 9.17) is 9.72 Å². The molecule has 9 nitrogen and oxygen atoms in total. The molecule has 1 atom stereocenters. The Morgan fingerprint density at radius 3 is 2.50 bits per heavy atom. The Balaban J connectivity index is 1.34. The number of hydrogen-bond donors (Lipinski definition) is 3. The lowest BCUT2D eigenvalue weighted by Crippen LogP contribution is -2.52. The number of carbonyl (C=O) groups is 3. The molecule has 1 unspecified atom stereocenters. The van der Waals surface area contributed by atoms with Gasteiger partial charge in [-0.1, -0.05) is 38.7 Å². The van der Waals surface area contributed by atoms with E-state index in [1.54, 1.807) is 4.90 Å². The van der Waals surface area contributed by atoms with Crippen molar-refractivity contribution in [3.05, 3.63) is 23.4 Å². The molecule has 1 aromatic rings. The number of hydrogen-bond acceptors (Lipinski definition) is 6. The second kappa shape index (κ2) is 13.3. The Morgan fingerprint density at radius 2 is 1.82 bits per heavy atom. The van der Waals surface area contributed by atoms with Gasteiger partial charge >= 0.3 is 12.1 Å². The van der Waals surface area contributed by atoms with Crippen molar-refractivity contribution in [3.63, 3.8) is 0 Å². The van der Waals surface area contributed by atoms with E-state index in [0.29, 0.717) is 32.4 Å². The standard InChI is InChI=1S/C29H46N4O5/c1-28(2,3)38-27(37)33-19-16-29(4,17-20-33)26(36)32-23(25(34)35)13-9-7-5-6-8-12-22-15-14-21-11-10-18-30-24(21)31-22/h14-15,23H,5-13,16-20H2,1-4H3,(H,30,31)(H,32,36)(H,34,35). The minimum absolute atomic E-state index is 0.249. The van der Waals surface area contributed by atoms with Crippen LogP contribution in [0.3, 0.4) is 0 Å². The lowest BCUT2D eigenvalue weighted by atomic mass is 9.79. The van der Waals surface area contributed by atoms with E-state index in [-0.39, 0.29) is 12.0 Å². The normalized spacial score (nSPS) is 17.6. The highest BCUT2D eigenvalue weighted by Gasteiger charge is 2.40. The number of aromatic nitrogens is 1. The summed E-state index contributed by atoms with van der Waals surface area (Å²) in [7, 11) is 0. The highest BCUT2D eigenvalue weighted by Crippen LogP contribution is 2.32. The fourth-order valence-electron chi connectivity index (χ4n) is 5.02. The van der Waals surface area contributed by atoms with Crippen molar-refractivity contribution >= 4 is 23.8 Å². The van der Waals surface area contributed by atoms with E-state index in [1.165, 1.54) is 5.56 Å². The molecule has 38 heavy (non-hydrogen) atoms. The van der Waals surface area contributed by atoms with E-state index >= 15 is 0 Å². The lowest BCUT2D eigenvalue weighted by Gasteiger charge is -2.39. The Hall–Kier alpha value is -2.84. The molecule has 0 radical (unpaired) electrons. The van der Waals surface area contributed by atoms with Crippen molar-refractivity contribution in [1.29, 1.82) is 0 Å². The van der Waals surface area contributed by atoms with Crippen LogP contribution in [-0.2, 0) is 27.2 Å². The van der Waals surface area contributed by atoms with Crippen LogP contribution in [0.25, 0.3) is 0 Å². The summed E-state index contributed by atoms with van der Waals surface area (Å²) in [5.41, 5.74) is 1.16. The zero-order valence-corrected chi connectivity index (χ0v) is 23.6. The number of nitrogens with one attached hydrogen (secondary N) is 2. The summed E-state index contributed by atoms with van der Waals surface area (Å²) in [6, 6.07) is 3.43. The molecule has 0 saturated carbocycles. The highest BCUT2D eigenvalue weighted by atomic mass is 16.6. The number of carbonyl (C=O) groups excluding carboxylic acids is 2. The number of likely N-dealkylation sites (tertiary alicyclic amines) is 1. The minimum Gasteiger partial charge on any atom is -0.480 e. The molecule has 3 heterocycles. The van der Waals surface area contributed by atoms with Gasteiger partial charge < -0.3 is 25.4 Å². The quantitative estimate of drug-likeness (QED) is 0.347. The van der Waals surface area contributed by atoms with Gasteiger partial charge in [0.1, 0.15) is 17.5 Å². The van der Waals surface area contributed by atoms with Crippen molar-refractivity contribution in [3.8, 4) is 0 Å². The van der Waals surface area contributed by atoms with Gasteiger partial charge in [-0.15, -0.1) is 0 Å². The minimum atomic E-state index is -1.000. The molecular weight excluding hydrogens is 484 g/mol. The van der Waals surface area contributed by atoms with E-state index in [9.17, 15) is 19.5 Å². The summed E-state index contributed by atoms with van der Waals surface area (Å²) in [6.45, 7) is 9.13. The molecule has 0 aromatic carbocycles. The Kier molecular flexibility index (Phi) is 10.4. The van der Waals surface area contributed by atoms with Crippen molar-refractivity contribution < 1.29 is 24.2 Å². The summed E-state index contributed by atoms with van der Waals surface area (Å²) in [6.07, 6.45) is 9.04. The fraction of sp³-hybridized carbons (Fsp3) is 0.724. The maximum Gasteiger partial charge on any atom is 0.410 e. The van der Waals surface area contributed by atoms with Crippen LogP contribution < -0.4 is 10.6 Å². The topological polar surface area (TPSA) is 121 Å². The lowest BCUT2D eigenvalue weighted by molar-refractivity contribution is -0.144. The number of pyridine rings is 1. The van der Waals surface area contributed by atoms with Gasteiger partial charge in [0.15, 0.2) is 0 Å². The van der Waals surface area contributed by atoms with Crippen LogP contribution in [0, 0.1) is 5.41 Å². The van der Waals surface area contributed by atoms with Gasteiger partial charge in [0, 0.05) is 30.7 Å². The van der Waals surface area contributed by atoms with Gasteiger partial charge in [-0.05, 0) is 77.3 Å². The first-order valence-electron chi connectivity index (χ1n) is 14.2. The van der Waals surface area contributed by atoms with Crippen molar-refractivity contribution in [1.82, 2.24) is 15.2 Å². The number of ether oxygens (including phenoxy) is 1. The smallest absolute Gasteiger partial charge is 0.410 e. The number of aryl methyl sites for hydroxylation is 2. The third-order valence-electron chi connectivity index (χ3n) is 7.55. The summed E-state index contributed by atoms with van der Waals surface area (Å²) in [5.74, 6) is -0.209. The van der Waals surface area contributed by atoms with Crippen LogP contribution >= 0.6 is 0 Å². The van der Waals surface area contributed by atoms with Gasteiger partial charge in [-0.2, -0.15) is 0 Å². The Bertz CT molecular complexity index is 966. The second-order valence-corrected chi connectivity index (χ2v) is 12.0. The van der Waals surface area contributed by atoms with E-state index in [2.05, 4.69) is 22.8 Å². The first-order chi connectivity index (χ1) is 18.0. The van der Waals surface area contributed by atoms with E-state index in [1.807, 2.05) is 27.7 Å². The maximum absolute atomic E-state index is 13.0. The second-order valence-electron chi connectivity index (χ2n) is 12.0. The number of carboxylic acid groups (broad SMARTS) is 1. The van der Waals surface area contributed by atoms with Gasteiger partial charge in [0.05, 0.1) is 0 Å². The molecule has 1 saturated heterocycles. The van der Waals surface area contributed by atoms with Gasteiger partial charge in [-0.25, -0.2) is 14.6 Å². The summed E-state index contributed by atoms with van der Waals surface area (Å²) in [4.78, 5) is 43.5. The molecule has 9 heteroatoms. The van der Waals surface area contributed by atoms with Crippen LogP contribution in [-0.4, -0.2) is 64.2 Å². The number of amides is 2. The molecule has 212 valence electrons. The molecular formula is C29H46N4O5. The van der Waals surface area contributed by atoms with Gasteiger partial charge in [0.2, 0.25) is 5.91 Å². The van der Waals surface area contributed by atoms with Gasteiger partial charge in [-0.3, -0.25) is 4.79 Å². The summed E-state index contributed by atoms with van der Waals surface area (Å²) in [5, 5.41) is 15.8. The molecule has 2 aliphatic heterocycles. The number of carboxylic acids is 1. The third kappa shape index (κ3) is 8.88. The average molecular weight is 531 g/mol. The molecule has 1 fully saturated rings. The van der Waals surface area contributed by atoms with Crippen molar-refractivity contribution in [2.45, 2.75) is 110 Å². The molecule has 3 rings (SSSR count). The van der Waals surface area contributed by atoms with Crippen molar-refractivity contribution in [2.75, 3.05) is 25.0 Å². The van der Waals surface area contributed by atoms with E-state index in [0.717, 1.165) is 69.4 Å². The Labute approximate surface area is 227 Å². The molecule has 1 aromatic heterocycles. The van der Waals surface area contributed by atoms with Crippen LogP contribution in [0.4, 0.5) is 10.6 Å². The molecule has 2 aliphatic rings.